The predicted molar refractivity (Wildman–Crippen MR) is 150 cm³/mol. The lowest BCUT2D eigenvalue weighted by Crippen LogP contribution is -2.40. The predicted octanol–water partition coefficient (Wildman–Crippen LogP) is 2.81. The summed E-state index contributed by atoms with van der Waals surface area (Å²) in [6, 6.07) is 8.59. The van der Waals surface area contributed by atoms with Crippen molar-refractivity contribution in [3.05, 3.63) is 61.8 Å². The number of likely N-dealkylation sites (tertiary alicyclic amines) is 1. The SMILES string of the molecule is CCN(CC)c1ccc(-c2csc(C3CCN(C(=O)Cn4cnc5c4c(=O)n(C)c(=O)n5C)CC3)n2)cc1. The fraction of sp³-hybridized carbons (Fsp3) is 0.444. The molecule has 0 N–H and O–H groups in total. The van der Waals surface area contributed by atoms with Gasteiger partial charge in [0.1, 0.15) is 6.54 Å². The molecule has 1 aromatic carbocycles. The number of aromatic nitrogens is 5. The van der Waals surface area contributed by atoms with E-state index in [1.165, 1.54) is 23.6 Å². The van der Waals surface area contributed by atoms with Crippen LogP contribution in [-0.4, -0.2) is 60.7 Å². The molecule has 0 aliphatic carbocycles. The minimum atomic E-state index is -0.450. The van der Waals surface area contributed by atoms with Crippen LogP contribution in [0.4, 0.5) is 5.69 Å². The van der Waals surface area contributed by atoms with Crippen LogP contribution in [0.15, 0.2) is 45.6 Å². The first-order valence-electron chi connectivity index (χ1n) is 13.0. The Morgan fingerprint density at radius 1 is 1.05 bits per heavy atom. The summed E-state index contributed by atoms with van der Waals surface area (Å²) < 4.78 is 3.91. The van der Waals surface area contributed by atoms with Gasteiger partial charge in [-0.2, -0.15) is 0 Å². The van der Waals surface area contributed by atoms with E-state index in [-0.39, 0.29) is 23.6 Å². The Hall–Kier alpha value is -3.73. The molecule has 0 unspecified atom stereocenters. The number of carbonyl (C=O) groups is 1. The molecule has 1 aliphatic rings. The number of hydrogen-bond acceptors (Lipinski definition) is 7. The maximum absolute atomic E-state index is 13.1. The Morgan fingerprint density at radius 2 is 1.74 bits per heavy atom. The van der Waals surface area contributed by atoms with Crippen molar-refractivity contribution in [2.45, 2.75) is 39.2 Å². The Kier molecular flexibility index (Phi) is 7.20. The van der Waals surface area contributed by atoms with Crippen molar-refractivity contribution in [1.29, 1.82) is 0 Å². The second kappa shape index (κ2) is 10.6. The molecule has 4 heterocycles. The van der Waals surface area contributed by atoms with E-state index in [1.54, 1.807) is 23.0 Å². The maximum atomic E-state index is 13.1. The van der Waals surface area contributed by atoms with Crippen molar-refractivity contribution in [2.75, 3.05) is 31.1 Å². The first-order valence-corrected chi connectivity index (χ1v) is 13.9. The molecule has 0 bridgehead atoms. The minimum Gasteiger partial charge on any atom is -0.372 e. The van der Waals surface area contributed by atoms with Crippen LogP contribution >= 0.6 is 11.3 Å². The number of carbonyl (C=O) groups excluding carboxylic acids is 1. The first-order chi connectivity index (χ1) is 18.3. The third-order valence-corrected chi connectivity index (χ3v) is 8.54. The number of imidazole rings is 1. The van der Waals surface area contributed by atoms with Crippen LogP contribution in [0.5, 0.6) is 0 Å². The van der Waals surface area contributed by atoms with E-state index >= 15 is 0 Å². The molecule has 5 rings (SSSR count). The quantitative estimate of drug-likeness (QED) is 0.361. The van der Waals surface area contributed by atoms with Gasteiger partial charge in [0.2, 0.25) is 5.91 Å². The number of amides is 1. The largest absolute Gasteiger partial charge is 0.372 e. The van der Waals surface area contributed by atoms with Crippen molar-refractivity contribution in [3.63, 3.8) is 0 Å². The molecule has 1 fully saturated rings. The summed E-state index contributed by atoms with van der Waals surface area (Å²) in [6.07, 6.45) is 3.16. The molecule has 11 heteroatoms. The first kappa shape index (κ1) is 25.9. The minimum absolute atomic E-state index is 0.0134. The van der Waals surface area contributed by atoms with Gasteiger partial charge in [0, 0.05) is 62.8 Å². The van der Waals surface area contributed by atoms with Gasteiger partial charge in [-0.15, -0.1) is 11.3 Å². The van der Waals surface area contributed by atoms with Gasteiger partial charge < -0.3 is 14.4 Å². The van der Waals surface area contributed by atoms with Crippen LogP contribution in [0.3, 0.4) is 0 Å². The highest BCUT2D eigenvalue weighted by atomic mass is 32.1. The topological polar surface area (TPSA) is 98.3 Å². The smallest absolute Gasteiger partial charge is 0.332 e. The van der Waals surface area contributed by atoms with E-state index in [0.29, 0.717) is 19.0 Å². The Balaban J connectivity index is 1.23. The molecular weight excluding hydrogens is 502 g/mol. The fourth-order valence-corrected chi connectivity index (χ4v) is 6.18. The van der Waals surface area contributed by atoms with Crippen molar-refractivity contribution in [3.8, 4) is 11.3 Å². The second-order valence-corrected chi connectivity index (χ2v) is 10.6. The Labute approximate surface area is 224 Å². The van der Waals surface area contributed by atoms with Crippen LogP contribution in [0.2, 0.25) is 0 Å². The highest BCUT2D eigenvalue weighted by Gasteiger charge is 2.27. The Bertz CT molecular complexity index is 1570. The lowest BCUT2D eigenvalue weighted by molar-refractivity contribution is -0.132. The van der Waals surface area contributed by atoms with E-state index in [1.807, 2.05) is 4.90 Å². The molecule has 1 saturated heterocycles. The molecule has 0 radical (unpaired) electrons. The van der Waals surface area contributed by atoms with Crippen molar-refractivity contribution < 1.29 is 4.79 Å². The van der Waals surface area contributed by atoms with Gasteiger partial charge in [-0.25, -0.2) is 14.8 Å². The zero-order valence-electron chi connectivity index (χ0n) is 22.3. The third kappa shape index (κ3) is 4.66. The van der Waals surface area contributed by atoms with E-state index in [4.69, 9.17) is 4.98 Å². The number of benzene rings is 1. The normalized spacial score (nSPS) is 14.4. The van der Waals surface area contributed by atoms with Crippen LogP contribution in [0.1, 0.15) is 37.6 Å². The molecular formula is C27H33N7O3S. The molecule has 1 aliphatic heterocycles. The zero-order chi connectivity index (χ0) is 27.0. The molecule has 38 heavy (non-hydrogen) atoms. The molecule has 1 amide bonds. The lowest BCUT2D eigenvalue weighted by Gasteiger charge is -2.31. The molecule has 0 spiro atoms. The number of anilines is 1. The van der Waals surface area contributed by atoms with Gasteiger partial charge in [-0.05, 0) is 38.8 Å². The van der Waals surface area contributed by atoms with Crippen LogP contribution < -0.4 is 16.1 Å². The summed E-state index contributed by atoms with van der Waals surface area (Å²) in [5.74, 6) is 0.260. The monoisotopic (exact) mass is 535 g/mol. The average molecular weight is 536 g/mol. The number of rotatable bonds is 7. The number of aryl methyl sites for hydroxylation is 1. The zero-order valence-corrected chi connectivity index (χ0v) is 23.1. The van der Waals surface area contributed by atoms with Gasteiger partial charge in [0.05, 0.1) is 17.0 Å². The number of hydrogen-bond donors (Lipinski definition) is 0. The van der Waals surface area contributed by atoms with Gasteiger partial charge >= 0.3 is 5.69 Å². The highest BCUT2D eigenvalue weighted by Crippen LogP contribution is 2.33. The molecule has 0 saturated carbocycles. The van der Waals surface area contributed by atoms with Gasteiger partial charge in [0.15, 0.2) is 11.2 Å². The number of fused-ring (bicyclic) bond motifs is 1. The number of thiazole rings is 1. The average Bonchev–Trinajstić information content (AvgIpc) is 3.60. The standard InChI is InChI=1S/C27H33N7O3S/c1-5-32(6-2)20-9-7-18(8-10-20)21-16-38-25(29-21)19-11-13-33(14-12-19)22(35)15-34-17-28-24-23(34)26(36)31(4)27(37)30(24)3/h7-10,16-17,19H,5-6,11-15H2,1-4H3. The number of piperidine rings is 1. The molecule has 10 nitrogen and oxygen atoms in total. The van der Waals surface area contributed by atoms with Crippen LogP contribution in [0, 0.1) is 0 Å². The molecule has 200 valence electrons. The summed E-state index contributed by atoms with van der Waals surface area (Å²) in [4.78, 5) is 51.3. The molecule has 3 aromatic heterocycles. The number of nitrogens with zero attached hydrogens (tertiary/aromatic N) is 7. The van der Waals surface area contributed by atoms with E-state index in [0.717, 1.165) is 46.8 Å². The van der Waals surface area contributed by atoms with Gasteiger partial charge in [-0.3, -0.25) is 18.7 Å². The third-order valence-electron chi connectivity index (χ3n) is 7.53. The summed E-state index contributed by atoms with van der Waals surface area (Å²) in [5.41, 5.74) is 2.99. The maximum Gasteiger partial charge on any atom is 0.332 e. The van der Waals surface area contributed by atoms with Crippen LogP contribution in [-0.2, 0) is 25.4 Å². The highest BCUT2D eigenvalue weighted by molar-refractivity contribution is 7.10. The van der Waals surface area contributed by atoms with Gasteiger partial charge in [0.25, 0.3) is 5.56 Å². The van der Waals surface area contributed by atoms with E-state index in [2.05, 4.69) is 53.4 Å². The van der Waals surface area contributed by atoms with Crippen molar-refractivity contribution in [1.82, 2.24) is 28.6 Å². The molecule has 4 aromatic rings. The van der Waals surface area contributed by atoms with Crippen LogP contribution in [0.25, 0.3) is 22.4 Å². The second-order valence-electron chi connectivity index (χ2n) is 9.70. The summed E-state index contributed by atoms with van der Waals surface area (Å²) in [5, 5.41) is 3.24. The van der Waals surface area contributed by atoms with Crippen molar-refractivity contribution >= 4 is 34.1 Å². The van der Waals surface area contributed by atoms with E-state index in [9.17, 15) is 14.4 Å². The lowest BCUT2D eigenvalue weighted by atomic mass is 9.97. The summed E-state index contributed by atoms with van der Waals surface area (Å²) in [7, 11) is 3.00. The Morgan fingerprint density at radius 3 is 2.39 bits per heavy atom. The summed E-state index contributed by atoms with van der Waals surface area (Å²) >= 11 is 1.69. The van der Waals surface area contributed by atoms with E-state index < -0.39 is 11.2 Å². The molecule has 0 atom stereocenters. The van der Waals surface area contributed by atoms with Gasteiger partial charge in [-0.1, -0.05) is 12.1 Å². The fourth-order valence-electron chi connectivity index (χ4n) is 5.18. The summed E-state index contributed by atoms with van der Waals surface area (Å²) in [6.45, 7) is 7.58. The van der Waals surface area contributed by atoms with Crippen molar-refractivity contribution in [2.24, 2.45) is 14.1 Å².